The van der Waals surface area contributed by atoms with Crippen LogP contribution in [0.15, 0.2) is 48.7 Å². The SMILES string of the molecule is NNc1ccc(N2CCC(CO)CC2)nc1NCc1ccc2ncccc2c1. The van der Waals surface area contributed by atoms with Crippen molar-refractivity contribution in [3.8, 4) is 0 Å². The number of aliphatic hydroxyl groups excluding tert-OH is 1. The minimum Gasteiger partial charge on any atom is -0.396 e. The second kappa shape index (κ2) is 8.41. The molecule has 3 heterocycles. The lowest BCUT2D eigenvalue weighted by Crippen LogP contribution is -2.35. The Morgan fingerprint density at radius 3 is 2.79 bits per heavy atom. The molecule has 2 aromatic heterocycles. The number of nitrogen functional groups attached to an aromatic ring is 1. The van der Waals surface area contributed by atoms with Gasteiger partial charge in [0.1, 0.15) is 5.82 Å². The van der Waals surface area contributed by atoms with Gasteiger partial charge in [0.15, 0.2) is 5.82 Å². The Bertz CT molecular complexity index is 939. The number of pyridine rings is 2. The Labute approximate surface area is 164 Å². The Kier molecular flexibility index (Phi) is 5.55. The molecule has 0 atom stereocenters. The van der Waals surface area contributed by atoms with Gasteiger partial charge < -0.3 is 20.7 Å². The third-order valence-corrected chi connectivity index (χ3v) is 5.36. The van der Waals surface area contributed by atoms with Gasteiger partial charge in [0, 0.05) is 37.8 Å². The Morgan fingerprint density at radius 1 is 1.14 bits per heavy atom. The molecule has 28 heavy (non-hydrogen) atoms. The molecule has 1 aromatic carbocycles. The Morgan fingerprint density at radius 2 is 2.00 bits per heavy atom. The number of rotatable bonds is 6. The molecular formula is C21H26N6O. The second-order valence-electron chi connectivity index (χ2n) is 7.21. The van der Waals surface area contributed by atoms with Crippen LogP contribution in [0.4, 0.5) is 17.3 Å². The molecule has 5 N–H and O–H groups in total. The highest BCUT2D eigenvalue weighted by atomic mass is 16.3. The predicted molar refractivity (Wildman–Crippen MR) is 113 cm³/mol. The molecule has 0 unspecified atom stereocenters. The molecule has 1 fully saturated rings. The Hall–Kier alpha value is -2.90. The number of piperidine rings is 1. The van der Waals surface area contributed by atoms with Gasteiger partial charge in [-0.1, -0.05) is 12.1 Å². The average Bonchev–Trinajstić information content (AvgIpc) is 2.77. The number of benzene rings is 1. The first-order valence-corrected chi connectivity index (χ1v) is 9.68. The zero-order valence-electron chi connectivity index (χ0n) is 15.8. The van der Waals surface area contributed by atoms with Gasteiger partial charge in [-0.25, -0.2) is 4.98 Å². The van der Waals surface area contributed by atoms with Gasteiger partial charge in [-0.2, -0.15) is 0 Å². The van der Waals surface area contributed by atoms with Gasteiger partial charge in [-0.15, -0.1) is 0 Å². The summed E-state index contributed by atoms with van der Waals surface area (Å²) >= 11 is 0. The highest BCUT2D eigenvalue weighted by Gasteiger charge is 2.20. The Balaban J connectivity index is 1.49. The molecule has 3 aromatic rings. The molecule has 1 aliphatic heterocycles. The summed E-state index contributed by atoms with van der Waals surface area (Å²) in [6.07, 6.45) is 3.78. The summed E-state index contributed by atoms with van der Waals surface area (Å²) in [7, 11) is 0. The summed E-state index contributed by atoms with van der Waals surface area (Å²) in [4.78, 5) is 11.4. The summed E-state index contributed by atoms with van der Waals surface area (Å²) in [6.45, 7) is 2.73. The number of hydrogen-bond donors (Lipinski definition) is 4. The van der Waals surface area contributed by atoms with Crippen LogP contribution in [0, 0.1) is 5.92 Å². The van der Waals surface area contributed by atoms with Gasteiger partial charge in [0.25, 0.3) is 0 Å². The first kappa shape index (κ1) is 18.5. The standard InChI is InChI=1S/C21H26N6O/c22-26-19-5-6-20(27-10-7-15(14-28)8-11-27)25-21(19)24-13-16-3-4-18-17(12-16)2-1-9-23-18/h1-6,9,12,15,26,28H,7-8,10-11,13-14,22H2,(H,24,25). The van der Waals surface area contributed by atoms with Crippen LogP contribution in [0.1, 0.15) is 18.4 Å². The number of aromatic nitrogens is 2. The van der Waals surface area contributed by atoms with Crippen molar-refractivity contribution in [2.45, 2.75) is 19.4 Å². The van der Waals surface area contributed by atoms with Crippen molar-refractivity contribution in [3.63, 3.8) is 0 Å². The quantitative estimate of drug-likeness (QED) is 0.387. The van der Waals surface area contributed by atoms with E-state index in [1.165, 1.54) is 0 Å². The second-order valence-corrected chi connectivity index (χ2v) is 7.21. The molecule has 0 bridgehead atoms. The summed E-state index contributed by atoms with van der Waals surface area (Å²) in [5.41, 5.74) is 5.62. The van der Waals surface area contributed by atoms with Crippen LogP contribution in [0.25, 0.3) is 10.9 Å². The van der Waals surface area contributed by atoms with Crippen molar-refractivity contribution in [2.24, 2.45) is 11.8 Å². The normalized spacial score (nSPS) is 15.0. The monoisotopic (exact) mass is 378 g/mol. The third kappa shape index (κ3) is 4.00. The van der Waals surface area contributed by atoms with Crippen molar-refractivity contribution in [3.05, 3.63) is 54.2 Å². The molecule has 0 saturated carbocycles. The molecule has 0 spiro atoms. The number of aliphatic hydroxyl groups is 1. The van der Waals surface area contributed by atoms with E-state index in [2.05, 4.69) is 38.8 Å². The van der Waals surface area contributed by atoms with Crippen LogP contribution < -0.4 is 21.5 Å². The van der Waals surface area contributed by atoms with Crippen LogP contribution in [0.3, 0.4) is 0 Å². The summed E-state index contributed by atoms with van der Waals surface area (Å²) < 4.78 is 0. The van der Waals surface area contributed by atoms with Crippen molar-refractivity contribution < 1.29 is 5.11 Å². The molecule has 146 valence electrons. The van der Waals surface area contributed by atoms with Gasteiger partial charge in [0.2, 0.25) is 0 Å². The number of fused-ring (bicyclic) bond motifs is 1. The summed E-state index contributed by atoms with van der Waals surface area (Å²) in [5, 5.41) is 13.9. The molecule has 0 aliphatic carbocycles. The maximum absolute atomic E-state index is 9.33. The minimum absolute atomic E-state index is 0.269. The number of anilines is 3. The molecule has 7 nitrogen and oxygen atoms in total. The molecule has 0 amide bonds. The highest BCUT2D eigenvalue weighted by molar-refractivity contribution is 5.79. The van der Waals surface area contributed by atoms with E-state index in [0.29, 0.717) is 12.5 Å². The molecule has 0 radical (unpaired) electrons. The molecular weight excluding hydrogens is 352 g/mol. The first-order chi connectivity index (χ1) is 13.8. The number of nitrogens with two attached hydrogens (primary N) is 1. The van der Waals surface area contributed by atoms with E-state index in [0.717, 1.165) is 59.7 Å². The topological polar surface area (TPSA) is 99.3 Å². The maximum Gasteiger partial charge on any atom is 0.153 e. The summed E-state index contributed by atoms with van der Waals surface area (Å²) in [5.74, 6) is 7.75. The first-order valence-electron chi connectivity index (χ1n) is 9.68. The molecule has 7 heteroatoms. The van der Waals surface area contributed by atoms with Crippen LogP contribution >= 0.6 is 0 Å². The zero-order chi connectivity index (χ0) is 19.3. The lowest BCUT2D eigenvalue weighted by molar-refractivity contribution is 0.203. The zero-order valence-corrected chi connectivity index (χ0v) is 15.8. The average molecular weight is 378 g/mol. The van der Waals surface area contributed by atoms with Crippen LogP contribution in [-0.4, -0.2) is 34.8 Å². The van der Waals surface area contributed by atoms with Gasteiger partial charge in [-0.05, 0) is 54.7 Å². The summed E-state index contributed by atoms with van der Waals surface area (Å²) in [6, 6.07) is 14.2. The number of nitrogens with one attached hydrogen (secondary N) is 2. The number of hydrazine groups is 1. The molecule has 1 saturated heterocycles. The van der Waals surface area contributed by atoms with Gasteiger partial charge in [0.05, 0.1) is 11.2 Å². The van der Waals surface area contributed by atoms with E-state index in [9.17, 15) is 5.11 Å². The van der Waals surface area contributed by atoms with Gasteiger partial charge in [-0.3, -0.25) is 10.8 Å². The fraction of sp³-hybridized carbons (Fsp3) is 0.333. The largest absolute Gasteiger partial charge is 0.396 e. The lowest BCUT2D eigenvalue weighted by Gasteiger charge is -2.32. The fourth-order valence-corrected chi connectivity index (χ4v) is 3.64. The highest BCUT2D eigenvalue weighted by Crippen LogP contribution is 2.27. The smallest absolute Gasteiger partial charge is 0.153 e. The molecule has 1 aliphatic rings. The molecule has 4 rings (SSSR count). The van der Waals surface area contributed by atoms with E-state index >= 15 is 0 Å². The van der Waals surface area contributed by atoms with E-state index in [1.807, 2.05) is 24.3 Å². The van der Waals surface area contributed by atoms with Gasteiger partial charge >= 0.3 is 0 Å². The van der Waals surface area contributed by atoms with Crippen LogP contribution in [0.5, 0.6) is 0 Å². The van der Waals surface area contributed by atoms with E-state index in [-0.39, 0.29) is 6.61 Å². The van der Waals surface area contributed by atoms with Crippen molar-refractivity contribution in [1.29, 1.82) is 0 Å². The van der Waals surface area contributed by atoms with Crippen molar-refractivity contribution >= 4 is 28.2 Å². The lowest BCUT2D eigenvalue weighted by atomic mass is 9.98. The van der Waals surface area contributed by atoms with E-state index in [1.54, 1.807) is 6.20 Å². The maximum atomic E-state index is 9.33. The van der Waals surface area contributed by atoms with Crippen LogP contribution in [0.2, 0.25) is 0 Å². The van der Waals surface area contributed by atoms with E-state index in [4.69, 9.17) is 10.8 Å². The van der Waals surface area contributed by atoms with Crippen LogP contribution in [-0.2, 0) is 6.54 Å². The number of nitrogens with zero attached hydrogens (tertiary/aromatic N) is 3. The van der Waals surface area contributed by atoms with E-state index < -0.39 is 0 Å². The fourth-order valence-electron chi connectivity index (χ4n) is 3.64. The predicted octanol–water partition coefficient (Wildman–Crippen LogP) is 2.74. The van der Waals surface area contributed by atoms with Crippen molar-refractivity contribution in [2.75, 3.05) is 35.3 Å². The number of hydrogen-bond acceptors (Lipinski definition) is 7. The van der Waals surface area contributed by atoms with Crippen molar-refractivity contribution in [1.82, 2.24) is 9.97 Å². The minimum atomic E-state index is 0.269. The third-order valence-electron chi connectivity index (χ3n) is 5.36.